The molecule has 0 saturated carbocycles. The highest BCUT2D eigenvalue weighted by Gasteiger charge is 2.18. The van der Waals surface area contributed by atoms with E-state index in [1.54, 1.807) is 6.20 Å². The number of rotatable bonds is 3. The van der Waals surface area contributed by atoms with E-state index < -0.39 is 0 Å². The molecule has 2 aromatic heterocycles. The highest BCUT2D eigenvalue weighted by atomic mass is 16.1. The third-order valence-corrected chi connectivity index (χ3v) is 7.34. The van der Waals surface area contributed by atoms with Crippen molar-refractivity contribution in [2.24, 2.45) is 0 Å². The number of fused-ring (bicyclic) bond motifs is 5. The highest BCUT2D eigenvalue weighted by molar-refractivity contribution is 6.14. The Labute approximate surface area is 214 Å². The van der Waals surface area contributed by atoms with Crippen LogP contribution in [0.3, 0.4) is 0 Å². The summed E-state index contributed by atoms with van der Waals surface area (Å²) in [6.07, 6.45) is 11.4. The Bertz CT molecular complexity index is 1930. The fraction of sp³-hybridized carbons (Fsp3) is 0.0588. The van der Waals surface area contributed by atoms with Crippen molar-refractivity contribution in [2.45, 2.75) is 12.3 Å². The lowest BCUT2D eigenvalue weighted by atomic mass is 9.89. The van der Waals surface area contributed by atoms with Crippen LogP contribution in [0.4, 0.5) is 0 Å². The van der Waals surface area contributed by atoms with E-state index in [0.717, 1.165) is 50.4 Å². The van der Waals surface area contributed by atoms with E-state index in [2.05, 4.69) is 85.0 Å². The van der Waals surface area contributed by atoms with E-state index >= 15 is 0 Å². The van der Waals surface area contributed by atoms with Gasteiger partial charge in [0.2, 0.25) is 0 Å². The molecule has 176 valence electrons. The van der Waals surface area contributed by atoms with Crippen LogP contribution in [0, 0.1) is 0 Å². The maximum absolute atomic E-state index is 14.2. The van der Waals surface area contributed by atoms with Gasteiger partial charge in [-0.25, -0.2) is 0 Å². The monoisotopic (exact) mass is 476 g/mol. The van der Waals surface area contributed by atoms with Gasteiger partial charge in [-0.15, -0.1) is 0 Å². The normalized spacial score (nSPS) is 15.1. The Morgan fingerprint density at radius 3 is 2.41 bits per heavy atom. The van der Waals surface area contributed by atoms with E-state index in [1.807, 2.05) is 41.0 Å². The minimum atomic E-state index is -0.0310. The van der Waals surface area contributed by atoms with E-state index in [1.165, 1.54) is 5.56 Å². The van der Waals surface area contributed by atoms with Crippen molar-refractivity contribution in [1.82, 2.24) is 9.55 Å². The second-order valence-electron chi connectivity index (χ2n) is 9.56. The zero-order valence-corrected chi connectivity index (χ0v) is 20.2. The SMILES string of the molecule is O=c1c2ccccc2c2ccc3cccnc3c2n1-c1cc(-c2ccccc2)cc(C2C=CC=CC2)c1. The molecule has 1 aliphatic rings. The van der Waals surface area contributed by atoms with Crippen LogP contribution < -0.4 is 5.56 Å². The van der Waals surface area contributed by atoms with Crippen molar-refractivity contribution in [2.75, 3.05) is 0 Å². The van der Waals surface area contributed by atoms with Crippen LogP contribution in [0.2, 0.25) is 0 Å². The van der Waals surface area contributed by atoms with E-state index in [-0.39, 0.29) is 11.5 Å². The van der Waals surface area contributed by atoms with Crippen LogP contribution in [0.25, 0.3) is 49.4 Å². The Morgan fingerprint density at radius 1 is 0.730 bits per heavy atom. The predicted octanol–water partition coefficient (Wildman–Crippen LogP) is 7.96. The summed E-state index contributed by atoms with van der Waals surface area (Å²) in [6.45, 7) is 0. The number of pyridine rings is 2. The molecule has 3 nitrogen and oxygen atoms in total. The quantitative estimate of drug-likeness (QED) is 0.243. The molecule has 37 heavy (non-hydrogen) atoms. The third-order valence-electron chi connectivity index (χ3n) is 7.34. The van der Waals surface area contributed by atoms with E-state index in [9.17, 15) is 4.79 Å². The lowest BCUT2D eigenvalue weighted by Gasteiger charge is -2.20. The summed E-state index contributed by atoms with van der Waals surface area (Å²) in [5, 5.41) is 3.69. The minimum absolute atomic E-state index is 0.0310. The number of allylic oxidation sites excluding steroid dienone is 4. The number of hydrogen-bond donors (Lipinski definition) is 0. The molecule has 0 saturated heterocycles. The van der Waals surface area contributed by atoms with E-state index in [0.29, 0.717) is 5.39 Å². The Kier molecular flexibility index (Phi) is 5.07. The van der Waals surface area contributed by atoms with Gasteiger partial charge in [-0.2, -0.15) is 0 Å². The van der Waals surface area contributed by atoms with Gasteiger partial charge >= 0.3 is 0 Å². The molecule has 0 bridgehead atoms. The Balaban J connectivity index is 1.62. The average molecular weight is 477 g/mol. The Morgan fingerprint density at radius 2 is 1.57 bits per heavy atom. The minimum Gasteiger partial charge on any atom is -0.274 e. The molecule has 0 fully saturated rings. The van der Waals surface area contributed by atoms with Gasteiger partial charge in [0.25, 0.3) is 5.56 Å². The first kappa shape index (κ1) is 21.5. The molecule has 0 spiro atoms. The lowest BCUT2D eigenvalue weighted by molar-refractivity contribution is 0.851. The number of hydrogen-bond acceptors (Lipinski definition) is 2. The lowest BCUT2D eigenvalue weighted by Crippen LogP contribution is -2.20. The summed E-state index contributed by atoms with van der Waals surface area (Å²) in [5.74, 6) is 0.254. The standard InChI is InChI=1S/C34H24N2O/c37-34-31-16-8-7-15-29(31)30-18-17-25-14-9-19-35-32(25)33(30)36(34)28-21-26(23-10-3-1-4-11-23)20-27(22-28)24-12-5-2-6-13-24/h1-12,14-22,24H,13H2. The largest absolute Gasteiger partial charge is 0.274 e. The summed E-state index contributed by atoms with van der Waals surface area (Å²) in [7, 11) is 0. The van der Waals surface area contributed by atoms with Crippen molar-refractivity contribution in [3.8, 4) is 16.8 Å². The molecule has 0 radical (unpaired) electrons. The van der Waals surface area contributed by atoms with Crippen LogP contribution in [-0.2, 0) is 0 Å². The van der Waals surface area contributed by atoms with Gasteiger partial charge in [0.05, 0.1) is 16.7 Å². The zero-order chi connectivity index (χ0) is 24.8. The van der Waals surface area contributed by atoms with Gasteiger partial charge in [-0.05, 0) is 52.8 Å². The van der Waals surface area contributed by atoms with Crippen LogP contribution in [0.1, 0.15) is 17.9 Å². The van der Waals surface area contributed by atoms with Gasteiger partial charge in [-0.1, -0.05) is 97.1 Å². The first-order valence-electron chi connectivity index (χ1n) is 12.6. The molecule has 1 atom stereocenters. The molecule has 4 aromatic carbocycles. The molecule has 7 rings (SSSR count). The van der Waals surface area contributed by atoms with Gasteiger partial charge in [0.1, 0.15) is 0 Å². The first-order chi connectivity index (χ1) is 18.3. The van der Waals surface area contributed by atoms with Crippen molar-refractivity contribution in [3.05, 3.63) is 143 Å². The maximum atomic E-state index is 14.2. The third kappa shape index (κ3) is 3.59. The molecular weight excluding hydrogens is 452 g/mol. The van der Waals surface area contributed by atoms with Crippen molar-refractivity contribution < 1.29 is 0 Å². The molecule has 2 heterocycles. The zero-order valence-electron chi connectivity index (χ0n) is 20.2. The van der Waals surface area contributed by atoms with Crippen LogP contribution in [-0.4, -0.2) is 9.55 Å². The molecule has 0 N–H and O–H groups in total. The Hall–Kier alpha value is -4.76. The summed E-state index contributed by atoms with van der Waals surface area (Å²) in [5.41, 5.74) is 5.92. The summed E-state index contributed by atoms with van der Waals surface area (Å²) >= 11 is 0. The first-order valence-corrected chi connectivity index (χ1v) is 12.6. The fourth-order valence-corrected chi connectivity index (χ4v) is 5.55. The second-order valence-corrected chi connectivity index (χ2v) is 9.56. The van der Waals surface area contributed by atoms with Gasteiger partial charge in [-0.3, -0.25) is 14.3 Å². The summed E-state index contributed by atoms with van der Waals surface area (Å²) in [6, 6.07) is 33.0. The molecular formula is C34H24N2O. The van der Waals surface area contributed by atoms with Crippen molar-refractivity contribution in [3.63, 3.8) is 0 Å². The average Bonchev–Trinajstić information content (AvgIpc) is 2.98. The summed E-state index contributed by atoms with van der Waals surface area (Å²) < 4.78 is 1.88. The molecule has 0 aliphatic heterocycles. The molecule has 1 aliphatic carbocycles. The number of aromatic nitrogens is 2. The maximum Gasteiger partial charge on any atom is 0.263 e. The second kappa shape index (κ2) is 8.72. The van der Waals surface area contributed by atoms with E-state index in [4.69, 9.17) is 4.98 Å². The van der Waals surface area contributed by atoms with Crippen molar-refractivity contribution in [1.29, 1.82) is 0 Å². The van der Waals surface area contributed by atoms with Crippen LogP contribution >= 0.6 is 0 Å². The van der Waals surface area contributed by atoms with Gasteiger partial charge < -0.3 is 0 Å². The molecule has 6 aromatic rings. The highest BCUT2D eigenvalue weighted by Crippen LogP contribution is 2.34. The smallest absolute Gasteiger partial charge is 0.263 e. The van der Waals surface area contributed by atoms with Gasteiger partial charge in [0.15, 0.2) is 0 Å². The number of benzene rings is 4. The van der Waals surface area contributed by atoms with Crippen molar-refractivity contribution >= 4 is 32.6 Å². The van der Waals surface area contributed by atoms with Crippen LogP contribution in [0.5, 0.6) is 0 Å². The molecule has 3 heteroatoms. The fourth-order valence-electron chi connectivity index (χ4n) is 5.55. The number of nitrogens with zero attached hydrogens (tertiary/aromatic N) is 2. The van der Waals surface area contributed by atoms with Gasteiger partial charge in [0, 0.05) is 28.3 Å². The summed E-state index contributed by atoms with van der Waals surface area (Å²) in [4.78, 5) is 19.0. The van der Waals surface area contributed by atoms with Crippen LogP contribution in [0.15, 0.2) is 132 Å². The topological polar surface area (TPSA) is 34.9 Å². The molecule has 1 unspecified atom stereocenters. The predicted molar refractivity (Wildman–Crippen MR) is 153 cm³/mol. The molecule has 0 amide bonds.